The Labute approximate surface area is 115 Å². The largest absolute Gasteiger partial charge is 0.361 e. The molecule has 1 N–H and O–H groups in total. The molecule has 0 aliphatic heterocycles. The fraction of sp³-hybridized carbons (Fsp3) is 0.308. The van der Waals surface area contributed by atoms with E-state index in [2.05, 4.69) is 24.1 Å². The monoisotopic (exact) mass is 284 g/mol. The fourth-order valence-electron chi connectivity index (χ4n) is 1.46. The molecule has 2 nitrogen and oxygen atoms in total. The van der Waals surface area contributed by atoms with Crippen LogP contribution in [0.25, 0.3) is 10.4 Å². The van der Waals surface area contributed by atoms with Crippen LogP contribution in [0.2, 0.25) is 5.02 Å². The van der Waals surface area contributed by atoms with E-state index in [1.54, 1.807) is 18.3 Å². The van der Waals surface area contributed by atoms with E-state index in [4.69, 9.17) is 11.6 Å². The van der Waals surface area contributed by atoms with Crippen molar-refractivity contribution >= 4 is 28.1 Å². The molecule has 96 valence electrons. The molecular formula is C13H14ClFN2S. The molecule has 5 heteroatoms. The highest BCUT2D eigenvalue weighted by Crippen LogP contribution is 2.31. The van der Waals surface area contributed by atoms with E-state index in [9.17, 15) is 4.39 Å². The molecule has 0 fully saturated rings. The number of hydrogen-bond donors (Lipinski definition) is 1. The Morgan fingerprint density at radius 3 is 2.89 bits per heavy atom. The van der Waals surface area contributed by atoms with E-state index in [0.29, 0.717) is 16.5 Å². The highest BCUT2D eigenvalue weighted by Gasteiger charge is 2.09. The van der Waals surface area contributed by atoms with Gasteiger partial charge in [-0.2, -0.15) is 0 Å². The SMILES string of the molecule is CC(C)CNc1ncc(-c2ccc(Cl)cc2F)s1. The second-order valence-electron chi connectivity index (χ2n) is 4.43. The summed E-state index contributed by atoms with van der Waals surface area (Å²) in [5, 5.41) is 4.44. The minimum absolute atomic E-state index is 0.318. The zero-order valence-electron chi connectivity index (χ0n) is 10.2. The first-order valence-electron chi connectivity index (χ1n) is 5.71. The molecule has 0 saturated heterocycles. The normalized spacial score (nSPS) is 10.9. The summed E-state index contributed by atoms with van der Waals surface area (Å²) in [6.07, 6.45) is 1.68. The summed E-state index contributed by atoms with van der Waals surface area (Å²) < 4.78 is 13.7. The highest BCUT2D eigenvalue weighted by molar-refractivity contribution is 7.18. The van der Waals surface area contributed by atoms with Crippen LogP contribution in [0.4, 0.5) is 9.52 Å². The zero-order valence-corrected chi connectivity index (χ0v) is 11.8. The van der Waals surface area contributed by atoms with Crippen molar-refractivity contribution in [3.05, 3.63) is 35.2 Å². The van der Waals surface area contributed by atoms with Gasteiger partial charge < -0.3 is 5.32 Å². The first-order chi connectivity index (χ1) is 8.56. The maximum absolute atomic E-state index is 13.7. The second kappa shape index (κ2) is 5.67. The lowest BCUT2D eigenvalue weighted by Crippen LogP contribution is -2.07. The zero-order chi connectivity index (χ0) is 13.1. The quantitative estimate of drug-likeness (QED) is 0.882. The molecule has 0 unspecified atom stereocenters. The van der Waals surface area contributed by atoms with E-state index in [0.717, 1.165) is 16.6 Å². The van der Waals surface area contributed by atoms with Crippen molar-refractivity contribution < 1.29 is 4.39 Å². The van der Waals surface area contributed by atoms with Crippen LogP contribution in [-0.2, 0) is 0 Å². The van der Waals surface area contributed by atoms with Gasteiger partial charge in [-0.3, -0.25) is 0 Å². The number of nitrogens with one attached hydrogen (secondary N) is 1. The number of halogens is 2. The van der Waals surface area contributed by atoms with Crippen LogP contribution in [0.15, 0.2) is 24.4 Å². The first kappa shape index (κ1) is 13.3. The Morgan fingerprint density at radius 1 is 1.44 bits per heavy atom. The summed E-state index contributed by atoms with van der Waals surface area (Å²) in [7, 11) is 0. The Balaban J connectivity index is 2.18. The van der Waals surface area contributed by atoms with Gasteiger partial charge in [0, 0.05) is 23.3 Å². The summed E-state index contributed by atoms with van der Waals surface area (Å²) >= 11 is 7.17. The van der Waals surface area contributed by atoms with Crippen molar-refractivity contribution in [2.75, 3.05) is 11.9 Å². The molecule has 0 aliphatic carbocycles. The van der Waals surface area contributed by atoms with E-state index >= 15 is 0 Å². The van der Waals surface area contributed by atoms with Gasteiger partial charge in [-0.05, 0) is 24.1 Å². The third-order valence-electron chi connectivity index (χ3n) is 2.36. The van der Waals surface area contributed by atoms with Gasteiger partial charge in [0.1, 0.15) is 5.82 Å². The van der Waals surface area contributed by atoms with Crippen LogP contribution in [-0.4, -0.2) is 11.5 Å². The van der Waals surface area contributed by atoms with Gasteiger partial charge in [-0.25, -0.2) is 9.37 Å². The number of nitrogens with zero attached hydrogens (tertiary/aromatic N) is 1. The molecule has 2 rings (SSSR count). The van der Waals surface area contributed by atoms with Gasteiger partial charge in [0.15, 0.2) is 5.13 Å². The predicted octanol–water partition coefficient (Wildman–Crippen LogP) is 4.67. The summed E-state index contributed by atoms with van der Waals surface area (Å²) in [6, 6.07) is 4.68. The minimum Gasteiger partial charge on any atom is -0.361 e. The molecule has 18 heavy (non-hydrogen) atoms. The highest BCUT2D eigenvalue weighted by atomic mass is 35.5. The predicted molar refractivity (Wildman–Crippen MR) is 75.8 cm³/mol. The molecule has 0 aliphatic rings. The van der Waals surface area contributed by atoms with Crippen LogP contribution in [0.5, 0.6) is 0 Å². The number of rotatable bonds is 4. The van der Waals surface area contributed by atoms with Crippen LogP contribution in [0, 0.1) is 11.7 Å². The van der Waals surface area contributed by atoms with E-state index in [1.807, 2.05) is 0 Å². The Morgan fingerprint density at radius 2 is 2.22 bits per heavy atom. The van der Waals surface area contributed by atoms with Crippen molar-refractivity contribution in [2.24, 2.45) is 5.92 Å². The van der Waals surface area contributed by atoms with Crippen molar-refractivity contribution in [1.82, 2.24) is 4.98 Å². The molecule has 0 radical (unpaired) electrons. The lowest BCUT2D eigenvalue weighted by Gasteiger charge is -2.04. The van der Waals surface area contributed by atoms with Gasteiger partial charge in [0.2, 0.25) is 0 Å². The molecular weight excluding hydrogens is 271 g/mol. The minimum atomic E-state index is -0.318. The Kier molecular flexibility index (Phi) is 4.19. The number of thiazole rings is 1. The van der Waals surface area contributed by atoms with Gasteiger partial charge in [-0.15, -0.1) is 0 Å². The molecule has 2 aromatic rings. The van der Waals surface area contributed by atoms with Crippen LogP contribution in [0.1, 0.15) is 13.8 Å². The molecule has 0 amide bonds. The molecule has 0 atom stereocenters. The van der Waals surface area contributed by atoms with E-state index in [1.165, 1.54) is 17.4 Å². The lowest BCUT2D eigenvalue weighted by molar-refractivity contribution is 0.632. The summed E-state index contributed by atoms with van der Waals surface area (Å²) in [4.78, 5) is 5.04. The molecule has 0 saturated carbocycles. The second-order valence-corrected chi connectivity index (χ2v) is 5.90. The van der Waals surface area contributed by atoms with Crippen LogP contribution in [0.3, 0.4) is 0 Å². The smallest absolute Gasteiger partial charge is 0.183 e. The third-order valence-corrected chi connectivity index (χ3v) is 3.59. The molecule has 0 bridgehead atoms. The Hall–Kier alpha value is -1.13. The van der Waals surface area contributed by atoms with Gasteiger partial charge in [0.05, 0.1) is 4.88 Å². The molecule has 1 aromatic heterocycles. The lowest BCUT2D eigenvalue weighted by atomic mass is 10.2. The number of anilines is 1. The van der Waals surface area contributed by atoms with Gasteiger partial charge >= 0.3 is 0 Å². The van der Waals surface area contributed by atoms with E-state index in [-0.39, 0.29) is 5.82 Å². The molecule has 0 spiro atoms. The topological polar surface area (TPSA) is 24.9 Å². The standard InChI is InChI=1S/C13H14ClFN2S/c1-8(2)6-16-13-17-7-12(18-13)10-4-3-9(14)5-11(10)15/h3-5,7-8H,6H2,1-2H3,(H,16,17). The van der Waals surface area contributed by atoms with Crippen molar-refractivity contribution in [3.8, 4) is 10.4 Å². The number of aromatic nitrogens is 1. The van der Waals surface area contributed by atoms with Gasteiger partial charge in [-0.1, -0.05) is 36.8 Å². The number of benzene rings is 1. The van der Waals surface area contributed by atoms with Gasteiger partial charge in [0.25, 0.3) is 0 Å². The summed E-state index contributed by atoms with van der Waals surface area (Å²) in [5.41, 5.74) is 0.537. The Bertz CT molecular complexity index is 540. The van der Waals surface area contributed by atoms with Crippen LogP contribution < -0.4 is 5.32 Å². The van der Waals surface area contributed by atoms with Crippen molar-refractivity contribution in [1.29, 1.82) is 0 Å². The van der Waals surface area contributed by atoms with Crippen molar-refractivity contribution in [3.63, 3.8) is 0 Å². The maximum atomic E-state index is 13.7. The first-order valence-corrected chi connectivity index (χ1v) is 6.91. The van der Waals surface area contributed by atoms with E-state index < -0.39 is 0 Å². The van der Waals surface area contributed by atoms with Crippen molar-refractivity contribution in [2.45, 2.75) is 13.8 Å². The average Bonchev–Trinajstić information content (AvgIpc) is 2.75. The van der Waals surface area contributed by atoms with Crippen LogP contribution >= 0.6 is 22.9 Å². The average molecular weight is 285 g/mol. The number of hydrogen-bond acceptors (Lipinski definition) is 3. The molecule has 1 aromatic carbocycles. The maximum Gasteiger partial charge on any atom is 0.183 e. The summed E-state index contributed by atoms with van der Waals surface area (Å²) in [6.45, 7) is 5.11. The molecule has 1 heterocycles. The summed E-state index contributed by atoms with van der Waals surface area (Å²) in [5.74, 6) is 0.228. The third kappa shape index (κ3) is 3.21. The fourth-order valence-corrected chi connectivity index (χ4v) is 2.47.